The quantitative estimate of drug-likeness (QED) is 0.528. The number of hydrogen-bond acceptors (Lipinski definition) is 4. The minimum atomic E-state index is -0.537. The average molecular weight is 251 g/mol. The molecule has 1 amide bonds. The van der Waals surface area contributed by atoms with Gasteiger partial charge in [0.25, 0.3) is 5.91 Å². The van der Waals surface area contributed by atoms with Crippen LogP contribution >= 0.6 is 0 Å². The van der Waals surface area contributed by atoms with Crippen molar-refractivity contribution in [1.82, 2.24) is 5.32 Å². The Morgan fingerprint density at radius 2 is 2.00 bits per heavy atom. The molecule has 0 spiro atoms. The normalized spacial score (nSPS) is 10.1. The number of amides is 1. The average Bonchev–Trinajstić information content (AvgIpc) is 2.27. The number of aromatic hydroxyl groups is 2. The van der Waals surface area contributed by atoms with Gasteiger partial charge in [0.05, 0.1) is 13.2 Å². The van der Waals surface area contributed by atoms with Gasteiger partial charge in [0.1, 0.15) is 17.1 Å². The highest BCUT2D eigenvalue weighted by Crippen LogP contribution is 2.25. The molecule has 5 nitrogen and oxygen atoms in total. The molecule has 0 heterocycles. The highest BCUT2D eigenvalue weighted by atomic mass is 16.5. The number of benzene rings is 1. The molecule has 0 saturated carbocycles. The second-order valence-electron chi connectivity index (χ2n) is 3.94. The van der Waals surface area contributed by atoms with Gasteiger partial charge in [0.15, 0.2) is 0 Å². The Balaban J connectivity index is 2.44. The number of carbonyl (C=O) groups excluding carboxylic acids is 1. The van der Waals surface area contributed by atoms with Gasteiger partial charge in [-0.15, -0.1) is 0 Å². The molecule has 0 bridgehead atoms. The number of phenolic OH excluding ortho intramolecular Hbond substituents is 2. The summed E-state index contributed by atoms with van der Waals surface area (Å²) in [5.41, 5.74) is 0.775. The third-order valence-electron chi connectivity index (χ3n) is 2.13. The minimum absolute atomic E-state index is 0.127. The van der Waals surface area contributed by atoms with Crippen molar-refractivity contribution < 1.29 is 19.7 Å². The summed E-state index contributed by atoms with van der Waals surface area (Å²) in [6, 6.07) is 4.13. The molecule has 3 N–H and O–H groups in total. The van der Waals surface area contributed by atoms with Crippen LogP contribution in [0.5, 0.6) is 11.5 Å². The van der Waals surface area contributed by atoms with Gasteiger partial charge in [-0.1, -0.05) is 18.2 Å². The van der Waals surface area contributed by atoms with E-state index in [1.807, 2.05) is 6.92 Å². The summed E-state index contributed by atoms with van der Waals surface area (Å²) in [7, 11) is 0. The number of rotatable bonds is 6. The van der Waals surface area contributed by atoms with Gasteiger partial charge >= 0.3 is 0 Å². The molecular weight excluding hydrogens is 234 g/mol. The molecule has 0 unspecified atom stereocenters. The molecule has 0 aromatic heterocycles. The molecule has 0 aliphatic carbocycles. The maximum atomic E-state index is 11.7. The fourth-order valence-corrected chi connectivity index (χ4v) is 1.33. The highest BCUT2D eigenvalue weighted by Gasteiger charge is 2.14. The van der Waals surface area contributed by atoms with Crippen LogP contribution in [0, 0.1) is 0 Å². The lowest BCUT2D eigenvalue weighted by atomic mass is 10.1. The fraction of sp³-hybridized carbons (Fsp3) is 0.308. The van der Waals surface area contributed by atoms with Gasteiger partial charge < -0.3 is 20.3 Å². The van der Waals surface area contributed by atoms with E-state index >= 15 is 0 Å². The van der Waals surface area contributed by atoms with Crippen molar-refractivity contribution in [3.8, 4) is 11.5 Å². The summed E-state index contributed by atoms with van der Waals surface area (Å²) in [6.45, 7) is 6.60. The maximum absolute atomic E-state index is 11.7. The molecule has 0 radical (unpaired) electrons. The molecule has 1 aromatic rings. The van der Waals surface area contributed by atoms with Crippen LogP contribution in [-0.4, -0.2) is 35.9 Å². The molecule has 0 saturated heterocycles. The molecule has 0 aliphatic heterocycles. The van der Waals surface area contributed by atoms with Gasteiger partial charge in [0, 0.05) is 6.54 Å². The SMILES string of the molecule is C=C(C)COCCNC(=O)c1c(O)cccc1O. The zero-order chi connectivity index (χ0) is 13.5. The van der Waals surface area contributed by atoms with Crippen LogP contribution in [0.1, 0.15) is 17.3 Å². The van der Waals surface area contributed by atoms with Crippen molar-refractivity contribution in [2.75, 3.05) is 19.8 Å². The van der Waals surface area contributed by atoms with Crippen LogP contribution in [0.25, 0.3) is 0 Å². The van der Waals surface area contributed by atoms with Crippen LogP contribution < -0.4 is 5.32 Å². The Kier molecular flexibility index (Phi) is 5.20. The summed E-state index contributed by atoms with van der Waals surface area (Å²) in [4.78, 5) is 11.7. The van der Waals surface area contributed by atoms with Crippen LogP contribution in [-0.2, 0) is 4.74 Å². The summed E-state index contributed by atoms with van der Waals surface area (Å²) < 4.78 is 5.20. The summed E-state index contributed by atoms with van der Waals surface area (Å²) in [5, 5.41) is 21.5. The lowest BCUT2D eigenvalue weighted by Crippen LogP contribution is -2.27. The predicted molar refractivity (Wildman–Crippen MR) is 67.7 cm³/mol. The molecule has 5 heteroatoms. The summed E-state index contributed by atoms with van der Waals surface area (Å²) >= 11 is 0. The Labute approximate surface area is 106 Å². The van der Waals surface area contributed by atoms with Crippen LogP contribution in [0.3, 0.4) is 0 Å². The number of carbonyl (C=O) groups is 1. The zero-order valence-electron chi connectivity index (χ0n) is 10.3. The largest absolute Gasteiger partial charge is 0.507 e. The lowest BCUT2D eigenvalue weighted by molar-refractivity contribution is 0.0921. The van der Waals surface area contributed by atoms with Crippen LogP contribution in [0.2, 0.25) is 0 Å². The maximum Gasteiger partial charge on any atom is 0.258 e. The lowest BCUT2D eigenvalue weighted by Gasteiger charge is -2.08. The monoisotopic (exact) mass is 251 g/mol. The van der Waals surface area contributed by atoms with Crippen molar-refractivity contribution >= 4 is 5.91 Å². The van der Waals surface area contributed by atoms with Gasteiger partial charge in [-0.05, 0) is 19.1 Å². The standard InChI is InChI=1S/C13H17NO4/c1-9(2)8-18-7-6-14-13(17)12-10(15)4-3-5-11(12)16/h3-5,15-16H,1,6-8H2,2H3,(H,14,17). The second-order valence-corrected chi connectivity index (χ2v) is 3.94. The summed E-state index contributed by atoms with van der Waals surface area (Å²) in [6.07, 6.45) is 0. The number of ether oxygens (including phenoxy) is 1. The van der Waals surface area contributed by atoms with E-state index < -0.39 is 5.91 Å². The molecule has 1 rings (SSSR count). The smallest absolute Gasteiger partial charge is 0.258 e. The van der Waals surface area contributed by atoms with E-state index in [4.69, 9.17) is 4.74 Å². The topological polar surface area (TPSA) is 78.8 Å². The van der Waals surface area contributed by atoms with Crippen molar-refractivity contribution in [3.05, 3.63) is 35.9 Å². The molecule has 18 heavy (non-hydrogen) atoms. The van der Waals surface area contributed by atoms with E-state index in [9.17, 15) is 15.0 Å². The van der Waals surface area contributed by atoms with E-state index in [-0.39, 0.29) is 17.1 Å². The van der Waals surface area contributed by atoms with Gasteiger partial charge in [-0.25, -0.2) is 0 Å². The third-order valence-corrected chi connectivity index (χ3v) is 2.13. The molecule has 0 fully saturated rings. The third kappa shape index (κ3) is 4.10. The van der Waals surface area contributed by atoms with Gasteiger partial charge in [0.2, 0.25) is 0 Å². The number of nitrogens with one attached hydrogen (secondary N) is 1. The number of hydrogen-bond donors (Lipinski definition) is 3. The second kappa shape index (κ2) is 6.66. The van der Waals surface area contributed by atoms with Gasteiger partial charge in [-0.3, -0.25) is 4.79 Å². The first-order valence-corrected chi connectivity index (χ1v) is 5.53. The van der Waals surface area contributed by atoms with Crippen LogP contribution in [0.15, 0.2) is 30.4 Å². The van der Waals surface area contributed by atoms with E-state index in [0.29, 0.717) is 19.8 Å². The van der Waals surface area contributed by atoms with Crippen molar-refractivity contribution in [1.29, 1.82) is 0 Å². The minimum Gasteiger partial charge on any atom is -0.507 e. The molecule has 0 atom stereocenters. The Bertz CT molecular complexity index is 422. The zero-order valence-corrected chi connectivity index (χ0v) is 10.3. The fourth-order valence-electron chi connectivity index (χ4n) is 1.33. The van der Waals surface area contributed by atoms with Crippen LogP contribution in [0.4, 0.5) is 0 Å². The first-order valence-electron chi connectivity index (χ1n) is 5.53. The van der Waals surface area contributed by atoms with E-state index in [0.717, 1.165) is 5.57 Å². The first kappa shape index (κ1) is 14.1. The number of phenols is 2. The molecular formula is C13H17NO4. The van der Waals surface area contributed by atoms with Crippen molar-refractivity contribution in [3.63, 3.8) is 0 Å². The Hall–Kier alpha value is -2.01. The van der Waals surface area contributed by atoms with E-state index in [1.165, 1.54) is 18.2 Å². The van der Waals surface area contributed by atoms with E-state index in [1.54, 1.807) is 0 Å². The Morgan fingerprint density at radius 1 is 1.39 bits per heavy atom. The van der Waals surface area contributed by atoms with Gasteiger partial charge in [-0.2, -0.15) is 0 Å². The first-order chi connectivity index (χ1) is 8.52. The van der Waals surface area contributed by atoms with E-state index in [2.05, 4.69) is 11.9 Å². The summed E-state index contributed by atoms with van der Waals surface area (Å²) in [5.74, 6) is -1.05. The molecule has 1 aromatic carbocycles. The molecule has 0 aliphatic rings. The highest BCUT2D eigenvalue weighted by molar-refractivity contribution is 5.99. The molecule has 98 valence electrons. The Morgan fingerprint density at radius 3 is 2.56 bits per heavy atom. The van der Waals surface area contributed by atoms with Crippen molar-refractivity contribution in [2.45, 2.75) is 6.92 Å². The predicted octanol–water partition coefficient (Wildman–Crippen LogP) is 1.42. The van der Waals surface area contributed by atoms with Crippen molar-refractivity contribution in [2.24, 2.45) is 0 Å².